The standard InChI is InChI=1S/C30H30BN9/c1-19-7-10-25(16-32-19)28-13-22(4)38(35-28)31(39-23(5)14-29(36-39)26-11-8-20(2)33-17-26)40-24(6)15-30(37-40)27-12-9-21(3)34-18-27/h7-18H,1-6H3/q-1. The van der Waals surface area contributed by atoms with Gasteiger partial charge in [-0.3, -0.25) is 15.0 Å². The molecule has 6 aromatic rings. The van der Waals surface area contributed by atoms with Crippen LogP contribution in [0, 0.1) is 41.5 Å². The third-order valence-corrected chi connectivity index (χ3v) is 7.04. The van der Waals surface area contributed by atoms with Crippen LogP contribution in [0.25, 0.3) is 33.8 Å². The van der Waals surface area contributed by atoms with Crippen LogP contribution in [0.15, 0.2) is 73.2 Å². The molecule has 10 heteroatoms. The number of hydrogen-bond donors (Lipinski definition) is 0. The van der Waals surface area contributed by atoms with Gasteiger partial charge in [-0.05, 0) is 113 Å². The van der Waals surface area contributed by atoms with Gasteiger partial charge in [-0.2, -0.15) is 0 Å². The highest BCUT2D eigenvalue weighted by Gasteiger charge is 2.20. The lowest BCUT2D eigenvalue weighted by atomic mass is 9.93. The molecule has 0 fully saturated rings. The molecule has 40 heavy (non-hydrogen) atoms. The molecule has 0 atom stereocenters. The maximum Gasteiger partial charge on any atom is 0.261 e. The largest absolute Gasteiger partial charge is 0.422 e. The Morgan fingerprint density at radius 1 is 0.450 bits per heavy atom. The van der Waals surface area contributed by atoms with E-state index in [1.165, 1.54) is 0 Å². The van der Waals surface area contributed by atoms with Crippen LogP contribution in [-0.2, 0) is 0 Å². The summed E-state index contributed by atoms with van der Waals surface area (Å²) in [4.78, 5) is 13.4. The van der Waals surface area contributed by atoms with E-state index in [0.717, 1.165) is 67.9 Å². The van der Waals surface area contributed by atoms with Gasteiger partial charge in [0, 0.05) is 52.4 Å². The average Bonchev–Trinajstić information content (AvgIpc) is 3.63. The SMILES string of the molecule is Cc1ccc(-c2cc(C)n([B-](n3nc(-c4ccc(C)nc4)cc3C)n3nc(-c4ccc(C)nc4)cc3C)n2)cn1. The fourth-order valence-corrected chi connectivity index (χ4v) is 4.76. The highest BCUT2D eigenvalue weighted by Crippen LogP contribution is 2.24. The molecule has 6 aromatic heterocycles. The lowest BCUT2D eigenvalue weighted by molar-refractivity contribution is 0.743. The minimum atomic E-state index is -0.480. The molecule has 1 radical (unpaired) electrons. The molecule has 0 bridgehead atoms. The first kappa shape index (κ1) is 25.4. The average molecular weight is 527 g/mol. The van der Waals surface area contributed by atoms with E-state index in [2.05, 4.69) is 53.9 Å². The van der Waals surface area contributed by atoms with Crippen LogP contribution >= 0.6 is 0 Å². The Kier molecular flexibility index (Phi) is 6.38. The van der Waals surface area contributed by atoms with Crippen LogP contribution in [0.5, 0.6) is 0 Å². The van der Waals surface area contributed by atoms with Crippen molar-refractivity contribution in [3.05, 3.63) is 107 Å². The maximum atomic E-state index is 5.06. The molecular formula is C30H30BN9-. The summed E-state index contributed by atoms with van der Waals surface area (Å²) in [6, 6.07) is 18.4. The zero-order chi connectivity index (χ0) is 28.0. The second kappa shape index (κ2) is 10.0. The molecule has 0 aliphatic heterocycles. The molecule has 6 rings (SSSR count). The third kappa shape index (κ3) is 4.72. The van der Waals surface area contributed by atoms with Crippen LogP contribution in [-0.4, -0.2) is 51.1 Å². The van der Waals surface area contributed by atoms with E-state index in [0.29, 0.717) is 0 Å². The lowest BCUT2D eigenvalue weighted by Gasteiger charge is -2.33. The number of hydrogen-bond acceptors (Lipinski definition) is 6. The quantitative estimate of drug-likeness (QED) is 0.275. The van der Waals surface area contributed by atoms with Crippen molar-refractivity contribution in [2.45, 2.75) is 41.5 Å². The lowest BCUT2D eigenvalue weighted by Crippen LogP contribution is -2.45. The normalized spacial score (nSPS) is 11.5. The van der Waals surface area contributed by atoms with Gasteiger partial charge in [0.15, 0.2) is 0 Å². The maximum absolute atomic E-state index is 5.06. The van der Waals surface area contributed by atoms with Crippen molar-refractivity contribution in [2.24, 2.45) is 0 Å². The smallest absolute Gasteiger partial charge is 0.261 e. The molecule has 0 saturated carbocycles. The zero-order valence-corrected chi connectivity index (χ0v) is 23.5. The van der Waals surface area contributed by atoms with Gasteiger partial charge >= 0.3 is 0 Å². The zero-order valence-electron chi connectivity index (χ0n) is 23.5. The van der Waals surface area contributed by atoms with Gasteiger partial charge in [-0.1, -0.05) is 0 Å². The van der Waals surface area contributed by atoms with E-state index < -0.39 is 7.12 Å². The first-order valence-corrected chi connectivity index (χ1v) is 13.2. The van der Waals surface area contributed by atoms with Gasteiger partial charge in [-0.25, -0.2) is 15.3 Å². The monoisotopic (exact) mass is 527 g/mol. The number of rotatable bonds is 6. The molecule has 0 aliphatic carbocycles. The molecular weight excluding hydrogens is 497 g/mol. The molecule has 9 nitrogen and oxygen atoms in total. The third-order valence-electron chi connectivity index (χ3n) is 7.04. The van der Waals surface area contributed by atoms with Crippen molar-refractivity contribution in [2.75, 3.05) is 0 Å². The minimum absolute atomic E-state index is 0.480. The van der Waals surface area contributed by atoms with E-state index in [1.54, 1.807) is 0 Å². The van der Waals surface area contributed by atoms with Crippen molar-refractivity contribution in [1.29, 1.82) is 0 Å². The van der Waals surface area contributed by atoms with Gasteiger partial charge in [0.1, 0.15) is 0 Å². The Balaban J connectivity index is 1.51. The second-order valence-electron chi connectivity index (χ2n) is 10.3. The molecule has 0 unspecified atom stereocenters. The summed E-state index contributed by atoms with van der Waals surface area (Å²) in [5.74, 6) is 0. The highest BCUT2D eigenvalue weighted by molar-refractivity contribution is 6.53. The Morgan fingerprint density at radius 3 is 1.00 bits per heavy atom. The van der Waals surface area contributed by atoms with Gasteiger partial charge in [-0.15, -0.1) is 0 Å². The molecule has 0 amide bonds. The summed E-state index contributed by atoms with van der Waals surface area (Å²) in [5.41, 5.74) is 11.2. The molecule has 199 valence electrons. The summed E-state index contributed by atoms with van der Waals surface area (Å²) < 4.78 is 5.93. The summed E-state index contributed by atoms with van der Waals surface area (Å²) >= 11 is 0. The molecule has 0 aliphatic rings. The Bertz CT molecular complexity index is 1580. The van der Waals surface area contributed by atoms with E-state index in [9.17, 15) is 0 Å². The van der Waals surface area contributed by atoms with Gasteiger partial charge in [0.2, 0.25) is 0 Å². The van der Waals surface area contributed by atoms with Crippen molar-refractivity contribution in [3.8, 4) is 33.8 Å². The summed E-state index contributed by atoms with van der Waals surface area (Å²) in [5, 5.41) is 15.2. The van der Waals surface area contributed by atoms with Crippen molar-refractivity contribution in [1.82, 2.24) is 44.0 Å². The topological polar surface area (TPSA) is 92.1 Å². The fourth-order valence-electron chi connectivity index (χ4n) is 4.76. The number of nitrogens with zero attached hydrogens (tertiary/aromatic N) is 9. The van der Waals surface area contributed by atoms with Crippen LogP contribution in [0.3, 0.4) is 0 Å². The van der Waals surface area contributed by atoms with Crippen molar-refractivity contribution >= 4 is 7.12 Å². The van der Waals surface area contributed by atoms with E-state index in [-0.39, 0.29) is 0 Å². The van der Waals surface area contributed by atoms with Crippen LogP contribution < -0.4 is 0 Å². The summed E-state index contributed by atoms with van der Waals surface area (Å²) in [6.07, 6.45) is 5.58. The van der Waals surface area contributed by atoms with Crippen molar-refractivity contribution in [3.63, 3.8) is 0 Å². The molecule has 0 spiro atoms. The summed E-state index contributed by atoms with van der Waals surface area (Å²) in [7, 11) is -0.480. The van der Waals surface area contributed by atoms with Crippen LogP contribution in [0.2, 0.25) is 0 Å². The Morgan fingerprint density at radius 2 is 0.750 bits per heavy atom. The summed E-state index contributed by atoms with van der Waals surface area (Å²) in [6.45, 7) is 12.1. The second-order valence-corrected chi connectivity index (χ2v) is 10.3. The van der Waals surface area contributed by atoms with E-state index >= 15 is 0 Å². The highest BCUT2D eigenvalue weighted by atomic mass is 15.5. The number of pyridine rings is 3. The first-order valence-electron chi connectivity index (χ1n) is 13.2. The van der Waals surface area contributed by atoms with Gasteiger partial charge < -0.3 is 13.8 Å². The number of aryl methyl sites for hydroxylation is 6. The van der Waals surface area contributed by atoms with Crippen LogP contribution in [0.1, 0.15) is 34.2 Å². The van der Waals surface area contributed by atoms with Gasteiger partial charge in [0.05, 0.1) is 17.1 Å². The molecule has 6 heterocycles. The van der Waals surface area contributed by atoms with Gasteiger partial charge in [0.25, 0.3) is 7.12 Å². The Hall–Kier alpha value is -4.86. The molecule has 0 N–H and O–H groups in total. The minimum Gasteiger partial charge on any atom is -0.422 e. The predicted octanol–water partition coefficient (Wildman–Crippen LogP) is 5.24. The number of aromatic nitrogens is 9. The van der Waals surface area contributed by atoms with E-state index in [4.69, 9.17) is 15.3 Å². The predicted molar refractivity (Wildman–Crippen MR) is 157 cm³/mol. The fraction of sp³-hybridized carbons (Fsp3) is 0.200. The molecule has 0 saturated heterocycles. The van der Waals surface area contributed by atoms with Crippen LogP contribution in [0.4, 0.5) is 0 Å². The molecule has 0 aromatic carbocycles. The Labute approximate surface area is 233 Å². The van der Waals surface area contributed by atoms with E-state index in [1.807, 2.05) is 89.5 Å². The van der Waals surface area contributed by atoms with Crippen molar-refractivity contribution < 1.29 is 0 Å². The first-order chi connectivity index (χ1) is 19.3.